The molecule has 0 unspecified atom stereocenters. The first-order valence-corrected chi connectivity index (χ1v) is 6.61. The Bertz CT molecular complexity index is 742. The van der Waals surface area contributed by atoms with Crippen LogP contribution in [0.15, 0.2) is 34.9 Å². The molecular weight excluding hydrogens is 358 g/mol. The molecule has 0 aliphatic carbocycles. The van der Waals surface area contributed by atoms with Gasteiger partial charge in [-0.15, -0.1) is 0 Å². The number of amides is 1. The van der Waals surface area contributed by atoms with E-state index in [9.17, 15) is 31.1 Å². The number of hydrogen-bond donors (Lipinski definition) is 1. The van der Waals surface area contributed by atoms with Gasteiger partial charge in [-0.1, -0.05) is 5.16 Å². The normalized spacial score (nSPS) is 13.4. The number of rotatable bonds is 5. The summed E-state index contributed by atoms with van der Waals surface area (Å²) in [6.45, 7) is 1.59. The molecule has 1 atom stereocenters. The van der Waals surface area contributed by atoms with Crippen LogP contribution < -0.4 is 10.1 Å². The Morgan fingerprint density at radius 3 is 2.28 bits per heavy atom. The molecular formula is C14H10F6N2O3. The number of ether oxygens (including phenoxy) is 1. The summed E-state index contributed by atoms with van der Waals surface area (Å²) in [4.78, 5) is 11.9. The van der Waals surface area contributed by atoms with E-state index in [1.807, 2.05) is 0 Å². The van der Waals surface area contributed by atoms with Crippen LogP contribution in [-0.4, -0.2) is 29.5 Å². The summed E-state index contributed by atoms with van der Waals surface area (Å²) < 4.78 is 83.6. The number of aromatic nitrogens is 1. The van der Waals surface area contributed by atoms with Crippen molar-refractivity contribution in [3.63, 3.8) is 0 Å². The average molecular weight is 368 g/mol. The Labute approximate surface area is 136 Å². The van der Waals surface area contributed by atoms with E-state index in [1.54, 1.807) is 6.92 Å². The van der Waals surface area contributed by atoms with Crippen LogP contribution in [0, 0.1) is 6.92 Å². The van der Waals surface area contributed by atoms with Crippen molar-refractivity contribution in [2.45, 2.75) is 25.4 Å². The predicted octanol–water partition coefficient (Wildman–Crippen LogP) is 4.11. The molecule has 11 heteroatoms. The third kappa shape index (κ3) is 4.64. The van der Waals surface area contributed by atoms with Crippen molar-refractivity contribution < 1.29 is 40.4 Å². The van der Waals surface area contributed by atoms with Crippen LogP contribution in [0.5, 0.6) is 5.75 Å². The largest absolute Gasteiger partial charge is 0.439 e. The fraction of sp³-hybridized carbons (Fsp3) is 0.286. The smallest absolute Gasteiger partial charge is 0.430 e. The molecule has 1 N–H and O–H groups in total. The van der Waals surface area contributed by atoms with E-state index in [2.05, 4.69) is 15.2 Å². The first kappa shape index (κ1) is 18.6. The van der Waals surface area contributed by atoms with Gasteiger partial charge in [0, 0.05) is 11.6 Å². The van der Waals surface area contributed by atoms with Gasteiger partial charge in [0.1, 0.15) is 11.5 Å². The lowest BCUT2D eigenvalue weighted by Crippen LogP contribution is -2.45. The molecule has 0 spiro atoms. The van der Waals surface area contributed by atoms with Gasteiger partial charge in [-0.2, -0.15) is 22.0 Å². The molecule has 1 aromatic carbocycles. The number of halogens is 6. The van der Waals surface area contributed by atoms with Crippen LogP contribution in [0.1, 0.15) is 16.1 Å². The van der Waals surface area contributed by atoms with Gasteiger partial charge in [0.25, 0.3) is 12.1 Å². The zero-order valence-electron chi connectivity index (χ0n) is 12.4. The van der Waals surface area contributed by atoms with Crippen molar-refractivity contribution >= 4 is 11.7 Å². The fourth-order valence-corrected chi connectivity index (χ4v) is 1.69. The SMILES string of the molecule is Cc1cc(NC(=O)c2ccc(OC(F)(F)[C@@H](F)C(F)(F)F)cc2)no1. The maximum absolute atomic E-state index is 13.1. The molecule has 2 aromatic rings. The summed E-state index contributed by atoms with van der Waals surface area (Å²) in [7, 11) is 0. The topological polar surface area (TPSA) is 64.4 Å². The minimum Gasteiger partial charge on any atom is -0.430 e. The van der Waals surface area contributed by atoms with E-state index in [1.165, 1.54) is 6.07 Å². The number of benzene rings is 1. The fourth-order valence-electron chi connectivity index (χ4n) is 1.69. The van der Waals surface area contributed by atoms with E-state index in [0.29, 0.717) is 5.76 Å². The third-order valence-corrected chi connectivity index (χ3v) is 2.82. The van der Waals surface area contributed by atoms with Crippen LogP contribution in [0.3, 0.4) is 0 Å². The van der Waals surface area contributed by atoms with Crippen LogP contribution >= 0.6 is 0 Å². The molecule has 1 heterocycles. The molecule has 2 rings (SSSR count). The first-order valence-electron chi connectivity index (χ1n) is 6.61. The molecule has 0 aliphatic heterocycles. The molecule has 0 radical (unpaired) electrons. The third-order valence-electron chi connectivity index (χ3n) is 2.82. The molecule has 1 aromatic heterocycles. The van der Waals surface area contributed by atoms with Gasteiger partial charge in [0.15, 0.2) is 5.82 Å². The van der Waals surface area contributed by atoms with E-state index < -0.39 is 30.1 Å². The molecule has 1 amide bonds. The second-order valence-corrected chi connectivity index (χ2v) is 4.87. The Kier molecular flexibility index (Phi) is 4.95. The lowest BCUT2D eigenvalue weighted by molar-refractivity contribution is -0.304. The lowest BCUT2D eigenvalue weighted by atomic mass is 10.2. The minimum atomic E-state index is -5.78. The number of hydrogen-bond acceptors (Lipinski definition) is 4. The van der Waals surface area contributed by atoms with E-state index in [-0.39, 0.29) is 11.4 Å². The zero-order valence-corrected chi connectivity index (χ0v) is 12.4. The zero-order chi connectivity index (χ0) is 18.8. The minimum absolute atomic E-state index is 0.0241. The van der Waals surface area contributed by atoms with E-state index in [4.69, 9.17) is 4.52 Å². The lowest BCUT2D eigenvalue weighted by Gasteiger charge is -2.23. The van der Waals surface area contributed by atoms with Crippen LogP contribution in [0.2, 0.25) is 0 Å². The van der Waals surface area contributed by atoms with Gasteiger partial charge in [-0.25, -0.2) is 4.39 Å². The Hall–Kier alpha value is -2.72. The number of nitrogens with zero attached hydrogens (tertiary/aromatic N) is 1. The molecule has 0 aliphatic rings. The van der Waals surface area contributed by atoms with Crippen molar-refractivity contribution in [3.8, 4) is 5.75 Å². The van der Waals surface area contributed by atoms with Crippen molar-refractivity contribution in [1.29, 1.82) is 0 Å². The molecule has 0 saturated heterocycles. The Morgan fingerprint density at radius 1 is 1.20 bits per heavy atom. The van der Waals surface area contributed by atoms with Crippen molar-refractivity contribution in [1.82, 2.24) is 5.16 Å². The predicted molar refractivity (Wildman–Crippen MR) is 72.2 cm³/mol. The van der Waals surface area contributed by atoms with Gasteiger partial charge in [0.2, 0.25) is 0 Å². The highest BCUT2D eigenvalue weighted by Crippen LogP contribution is 2.36. The summed E-state index contributed by atoms with van der Waals surface area (Å²) in [6, 6.07) is 5.05. The highest BCUT2D eigenvalue weighted by Gasteiger charge is 2.59. The van der Waals surface area contributed by atoms with Crippen LogP contribution in [0.25, 0.3) is 0 Å². The number of alkyl halides is 6. The summed E-state index contributed by atoms with van der Waals surface area (Å²) in [5.74, 6) is -0.873. The quantitative estimate of drug-likeness (QED) is 0.807. The number of nitrogens with one attached hydrogen (secondary N) is 1. The Morgan fingerprint density at radius 2 is 1.80 bits per heavy atom. The molecule has 0 fully saturated rings. The van der Waals surface area contributed by atoms with Crippen molar-refractivity contribution in [3.05, 3.63) is 41.7 Å². The van der Waals surface area contributed by atoms with Gasteiger partial charge >= 0.3 is 12.3 Å². The monoisotopic (exact) mass is 368 g/mol. The number of anilines is 1. The highest BCUT2D eigenvalue weighted by atomic mass is 19.4. The number of aryl methyl sites for hydroxylation is 1. The average Bonchev–Trinajstić information content (AvgIpc) is 2.91. The van der Waals surface area contributed by atoms with Crippen molar-refractivity contribution in [2.75, 3.05) is 5.32 Å². The second kappa shape index (κ2) is 6.65. The molecule has 0 bridgehead atoms. The molecule has 25 heavy (non-hydrogen) atoms. The van der Waals surface area contributed by atoms with E-state index >= 15 is 0 Å². The van der Waals surface area contributed by atoms with Crippen LogP contribution in [0.4, 0.5) is 32.2 Å². The Balaban J connectivity index is 2.05. The highest BCUT2D eigenvalue weighted by molar-refractivity contribution is 6.03. The molecule has 0 saturated carbocycles. The first-order chi connectivity index (χ1) is 11.5. The van der Waals surface area contributed by atoms with Gasteiger partial charge in [0.05, 0.1) is 0 Å². The maximum Gasteiger partial charge on any atom is 0.439 e. The summed E-state index contributed by atoms with van der Waals surface area (Å²) >= 11 is 0. The maximum atomic E-state index is 13.1. The van der Waals surface area contributed by atoms with Crippen molar-refractivity contribution in [2.24, 2.45) is 0 Å². The van der Waals surface area contributed by atoms with Gasteiger partial charge < -0.3 is 14.6 Å². The van der Waals surface area contributed by atoms with Crippen LogP contribution in [-0.2, 0) is 0 Å². The number of carbonyl (C=O) groups is 1. The van der Waals surface area contributed by atoms with Gasteiger partial charge in [-0.05, 0) is 31.2 Å². The molecule has 136 valence electrons. The van der Waals surface area contributed by atoms with E-state index in [0.717, 1.165) is 24.3 Å². The standard InChI is InChI=1S/C14H10F6N2O3/c1-7-6-10(22-25-7)21-11(23)8-2-4-9(5-3-8)24-14(19,20)12(15)13(16,17)18/h2-6,12H,1H3,(H,21,22,23)/t12-/m0/s1. The van der Waals surface area contributed by atoms with Gasteiger partial charge in [-0.3, -0.25) is 4.79 Å². The summed E-state index contributed by atoms with van der Waals surface area (Å²) in [5, 5.41) is 5.85. The summed E-state index contributed by atoms with van der Waals surface area (Å²) in [5.41, 5.74) is -0.0241. The number of carbonyl (C=O) groups excluding carboxylic acids is 1. The second-order valence-electron chi connectivity index (χ2n) is 4.87. The summed E-state index contributed by atoms with van der Waals surface area (Å²) in [6.07, 6.45) is -15.4. The molecule has 5 nitrogen and oxygen atoms in total.